The molecule has 0 bridgehead atoms. The Morgan fingerprint density at radius 3 is 2.58 bits per heavy atom. The Hall–Kier alpha value is -3.35. The van der Waals surface area contributed by atoms with Crippen molar-refractivity contribution >= 4 is 45.7 Å². The summed E-state index contributed by atoms with van der Waals surface area (Å²) in [6, 6.07) is 16.9. The number of hydrogen-bond acceptors (Lipinski definition) is 4. The topological polar surface area (TPSA) is 73.2 Å². The van der Waals surface area contributed by atoms with Gasteiger partial charge < -0.3 is 10.1 Å². The summed E-state index contributed by atoms with van der Waals surface area (Å²) in [7, 11) is 1.48. The average molecular weight is 454 g/mol. The molecule has 4 aromatic rings. The van der Waals surface area contributed by atoms with Gasteiger partial charge in [-0.1, -0.05) is 35.3 Å². The average Bonchev–Trinajstić information content (AvgIpc) is 2.74. The predicted molar refractivity (Wildman–Crippen MR) is 123 cm³/mol. The Kier molecular flexibility index (Phi) is 5.67. The van der Waals surface area contributed by atoms with E-state index in [1.807, 2.05) is 6.07 Å². The first-order valence-corrected chi connectivity index (χ1v) is 10.1. The van der Waals surface area contributed by atoms with Gasteiger partial charge in [0.05, 0.1) is 40.0 Å². The second kappa shape index (κ2) is 8.41. The third kappa shape index (κ3) is 4.00. The van der Waals surface area contributed by atoms with Crippen LogP contribution in [0.5, 0.6) is 5.75 Å². The second-order valence-electron chi connectivity index (χ2n) is 6.78. The van der Waals surface area contributed by atoms with Crippen LogP contribution in [0.2, 0.25) is 10.0 Å². The number of anilines is 1. The second-order valence-corrected chi connectivity index (χ2v) is 7.62. The van der Waals surface area contributed by atoms with Crippen LogP contribution in [0, 0.1) is 6.92 Å². The van der Waals surface area contributed by atoms with Gasteiger partial charge in [-0.05, 0) is 49.4 Å². The first-order valence-electron chi connectivity index (χ1n) is 9.32. The van der Waals surface area contributed by atoms with Crippen LogP contribution < -0.4 is 15.6 Å². The minimum atomic E-state index is -0.409. The molecule has 1 aromatic heterocycles. The quantitative estimate of drug-likeness (QED) is 0.457. The minimum absolute atomic E-state index is 0.185. The van der Waals surface area contributed by atoms with Gasteiger partial charge in [0.2, 0.25) is 0 Å². The van der Waals surface area contributed by atoms with Gasteiger partial charge in [-0.15, -0.1) is 0 Å². The lowest BCUT2D eigenvalue weighted by Crippen LogP contribution is -2.22. The fourth-order valence-corrected chi connectivity index (χ4v) is 3.83. The van der Waals surface area contributed by atoms with Crippen LogP contribution in [0.1, 0.15) is 16.2 Å². The molecule has 0 saturated carbocycles. The number of carbonyl (C=O) groups excluding carboxylic acids is 1. The summed E-state index contributed by atoms with van der Waals surface area (Å²) in [6.07, 6.45) is 0. The van der Waals surface area contributed by atoms with Gasteiger partial charge in [0.1, 0.15) is 11.6 Å². The number of para-hydroxylation sites is 1. The van der Waals surface area contributed by atoms with Crippen molar-refractivity contribution in [2.75, 3.05) is 12.4 Å². The van der Waals surface area contributed by atoms with E-state index in [1.165, 1.54) is 17.7 Å². The molecule has 3 aromatic carbocycles. The van der Waals surface area contributed by atoms with Crippen molar-refractivity contribution < 1.29 is 9.53 Å². The van der Waals surface area contributed by atoms with E-state index >= 15 is 0 Å². The van der Waals surface area contributed by atoms with Gasteiger partial charge in [0.15, 0.2) is 0 Å². The molecular weight excluding hydrogens is 437 g/mol. The molecule has 1 N–H and O–H groups in total. The molecule has 8 heteroatoms. The molecule has 0 spiro atoms. The predicted octanol–water partition coefficient (Wildman–Crippen LogP) is 5.26. The van der Waals surface area contributed by atoms with E-state index in [2.05, 4.69) is 10.3 Å². The van der Waals surface area contributed by atoms with E-state index in [4.69, 9.17) is 27.9 Å². The molecule has 0 unspecified atom stereocenters. The highest BCUT2D eigenvalue weighted by atomic mass is 35.5. The van der Waals surface area contributed by atoms with Crippen molar-refractivity contribution in [3.8, 4) is 11.4 Å². The fraction of sp³-hybridized carbons (Fsp3) is 0.0870. The zero-order chi connectivity index (χ0) is 22.1. The van der Waals surface area contributed by atoms with E-state index in [0.29, 0.717) is 38.9 Å². The molecule has 156 valence electrons. The first kappa shape index (κ1) is 20.9. The Labute approximate surface area is 188 Å². The first-order chi connectivity index (χ1) is 14.9. The molecular formula is C23H17Cl2N3O3. The molecule has 1 heterocycles. The number of aryl methyl sites for hydroxylation is 1. The largest absolute Gasteiger partial charge is 0.494 e. The lowest BCUT2D eigenvalue weighted by atomic mass is 10.2. The highest BCUT2D eigenvalue weighted by Gasteiger charge is 2.16. The van der Waals surface area contributed by atoms with Gasteiger partial charge in [0, 0.05) is 11.1 Å². The molecule has 0 aliphatic heterocycles. The van der Waals surface area contributed by atoms with Gasteiger partial charge in [-0.2, -0.15) is 0 Å². The van der Waals surface area contributed by atoms with Crippen molar-refractivity contribution in [2.45, 2.75) is 6.92 Å². The van der Waals surface area contributed by atoms with Crippen LogP contribution in [0.25, 0.3) is 16.6 Å². The summed E-state index contributed by atoms with van der Waals surface area (Å²) in [5.74, 6) is 0.513. The van der Waals surface area contributed by atoms with E-state index in [1.54, 1.807) is 55.5 Å². The van der Waals surface area contributed by atoms with E-state index in [9.17, 15) is 9.59 Å². The molecule has 0 aliphatic rings. The third-order valence-corrected chi connectivity index (χ3v) is 5.36. The van der Waals surface area contributed by atoms with Crippen molar-refractivity contribution in [3.05, 3.63) is 92.5 Å². The Morgan fingerprint density at radius 1 is 1.06 bits per heavy atom. The maximum absolute atomic E-state index is 13.0. The number of hydrogen-bond donors (Lipinski definition) is 1. The van der Waals surface area contributed by atoms with E-state index in [-0.39, 0.29) is 16.1 Å². The summed E-state index contributed by atoms with van der Waals surface area (Å²) in [5, 5.41) is 3.98. The lowest BCUT2D eigenvalue weighted by molar-refractivity contribution is 0.102. The fourth-order valence-electron chi connectivity index (χ4n) is 3.33. The molecule has 6 nitrogen and oxygen atoms in total. The lowest BCUT2D eigenvalue weighted by Gasteiger charge is -2.15. The van der Waals surface area contributed by atoms with Gasteiger partial charge >= 0.3 is 0 Å². The number of fused-ring (bicyclic) bond motifs is 1. The van der Waals surface area contributed by atoms with Crippen LogP contribution in [-0.2, 0) is 0 Å². The molecule has 4 rings (SSSR count). The summed E-state index contributed by atoms with van der Waals surface area (Å²) in [4.78, 5) is 30.2. The standard InChI is InChI=1S/C23H17Cl2N3O3/c1-13-26-19-6-4-3-5-17(19)23(30)28(13)15-8-10-20(21(12-15)31-2)27-22(29)16-9-7-14(24)11-18(16)25/h3-12H,1-2H3,(H,27,29). The normalized spacial score (nSPS) is 10.8. The SMILES string of the molecule is COc1cc(-n2c(C)nc3ccccc3c2=O)ccc1NC(=O)c1ccc(Cl)cc1Cl. The van der Waals surface area contributed by atoms with E-state index < -0.39 is 5.91 Å². The summed E-state index contributed by atoms with van der Waals surface area (Å²) in [5.41, 5.74) is 1.73. The number of carbonyl (C=O) groups is 1. The zero-order valence-corrected chi connectivity index (χ0v) is 18.2. The van der Waals surface area contributed by atoms with E-state index in [0.717, 1.165) is 0 Å². The number of benzene rings is 3. The van der Waals surface area contributed by atoms with Crippen molar-refractivity contribution in [2.24, 2.45) is 0 Å². The zero-order valence-electron chi connectivity index (χ0n) is 16.6. The Bertz CT molecular complexity index is 1380. The Morgan fingerprint density at radius 2 is 1.84 bits per heavy atom. The van der Waals surface area contributed by atoms with Gasteiger partial charge in [0.25, 0.3) is 11.5 Å². The van der Waals surface area contributed by atoms with Crippen LogP contribution in [0.3, 0.4) is 0 Å². The van der Waals surface area contributed by atoms with Crippen LogP contribution in [0.4, 0.5) is 5.69 Å². The van der Waals surface area contributed by atoms with Crippen molar-refractivity contribution in [1.82, 2.24) is 9.55 Å². The number of nitrogens with one attached hydrogen (secondary N) is 1. The molecule has 0 fully saturated rings. The molecule has 0 saturated heterocycles. The molecule has 0 aliphatic carbocycles. The molecule has 0 atom stereocenters. The van der Waals surface area contributed by atoms with Crippen LogP contribution in [0.15, 0.2) is 65.5 Å². The summed E-state index contributed by atoms with van der Waals surface area (Å²) in [6.45, 7) is 1.76. The highest BCUT2D eigenvalue weighted by molar-refractivity contribution is 6.37. The Balaban J connectivity index is 1.73. The summed E-state index contributed by atoms with van der Waals surface area (Å²) < 4.78 is 6.96. The number of aromatic nitrogens is 2. The van der Waals surface area contributed by atoms with Gasteiger partial charge in [-0.25, -0.2) is 4.98 Å². The number of nitrogens with zero attached hydrogens (tertiary/aromatic N) is 2. The smallest absolute Gasteiger partial charge is 0.265 e. The maximum atomic E-state index is 13.0. The molecule has 0 radical (unpaired) electrons. The number of ether oxygens (including phenoxy) is 1. The van der Waals surface area contributed by atoms with Crippen molar-refractivity contribution in [1.29, 1.82) is 0 Å². The highest BCUT2D eigenvalue weighted by Crippen LogP contribution is 2.29. The number of rotatable bonds is 4. The molecule has 31 heavy (non-hydrogen) atoms. The monoisotopic (exact) mass is 453 g/mol. The summed E-state index contributed by atoms with van der Waals surface area (Å²) >= 11 is 12.0. The molecule has 1 amide bonds. The van der Waals surface area contributed by atoms with Crippen LogP contribution in [-0.4, -0.2) is 22.6 Å². The third-order valence-electron chi connectivity index (χ3n) is 4.81. The van der Waals surface area contributed by atoms with Crippen LogP contribution >= 0.6 is 23.2 Å². The van der Waals surface area contributed by atoms with Gasteiger partial charge in [-0.3, -0.25) is 14.2 Å². The van der Waals surface area contributed by atoms with Crippen molar-refractivity contribution in [3.63, 3.8) is 0 Å². The number of amides is 1. The number of methoxy groups -OCH3 is 1. The number of halogens is 2. The minimum Gasteiger partial charge on any atom is -0.494 e. The maximum Gasteiger partial charge on any atom is 0.265 e.